The fourth-order valence-corrected chi connectivity index (χ4v) is 2.89. The van der Waals surface area contributed by atoms with Gasteiger partial charge in [0.15, 0.2) is 6.61 Å². The number of nitrogens with zero attached hydrogens (tertiary/aromatic N) is 4. The van der Waals surface area contributed by atoms with Gasteiger partial charge in [-0.3, -0.25) is 4.79 Å². The summed E-state index contributed by atoms with van der Waals surface area (Å²) in [6, 6.07) is 7.29. The number of carbonyl (C=O) groups is 2. The molecule has 0 aliphatic heterocycles. The summed E-state index contributed by atoms with van der Waals surface area (Å²) in [7, 11) is 0. The van der Waals surface area contributed by atoms with Gasteiger partial charge < -0.3 is 10.1 Å². The summed E-state index contributed by atoms with van der Waals surface area (Å²) in [6.07, 6.45) is 1.38. The predicted molar refractivity (Wildman–Crippen MR) is 91.9 cm³/mol. The van der Waals surface area contributed by atoms with Gasteiger partial charge in [0.1, 0.15) is 11.2 Å². The topological polar surface area (TPSA) is 99.0 Å². The lowest BCUT2D eigenvalue weighted by atomic mass is 10.1. The van der Waals surface area contributed by atoms with Crippen LogP contribution in [0.25, 0.3) is 5.69 Å². The molecule has 8 nitrogen and oxygen atoms in total. The van der Waals surface area contributed by atoms with Crippen LogP contribution in [0.15, 0.2) is 36.0 Å². The van der Waals surface area contributed by atoms with Crippen LogP contribution in [-0.4, -0.2) is 38.7 Å². The minimum absolute atomic E-state index is 0.325. The Bertz CT molecular complexity index is 904. The molecule has 128 valence electrons. The van der Waals surface area contributed by atoms with E-state index in [2.05, 4.69) is 20.8 Å². The van der Waals surface area contributed by atoms with Crippen LogP contribution < -0.4 is 5.32 Å². The molecule has 0 saturated heterocycles. The molecular weight excluding hydrogens is 342 g/mol. The number of hydrogen-bond acceptors (Lipinski definition) is 7. The number of tetrazole rings is 1. The van der Waals surface area contributed by atoms with E-state index in [0.29, 0.717) is 16.3 Å². The molecule has 0 aliphatic carbocycles. The predicted octanol–water partition coefficient (Wildman–Crippen LogP) is 2.14. The van der Waals surface area contributed by atoms with Crippen molar-refractivity contribution >= 4 is 28.9 Å². The van der Waals surface area contributed by atoms with E-state index in [1.165, 1.54) is 22.3 Å². The third-order valence-corrected chi connectivity index (χ3v) is 4.43. The second kappa shape index (κ2) is 7.22. The highest BCUT2D eigenvalue weighted by Crippen LogP contribution is 2.21. The van der Waals surface area contributed by atoms with Crippen molar-refractivity contribution in [1.82, 2.24) is 20.2 Å². The molecule has 0 unspecified atom stereocenters. The maximum absolute atomic E-state index is 12.2. The monoisotopic (exact) mass is 357 g/mol. The number of ether oxygens (including phenoxy) is 1. The average molecular weight is 357 g/mol. The van der Waals surface area contributed by atoms with Gasteiger partial charge in [-0.05, 0) is 59.0 Å². The van der Waals surface area contributed by atoms with Crippen molar-refractivity contribution < 1.29 is 14.3 Å². The van der Waals surface area contributed by atoms with E-state index < -0.39 is 11.9 Å². The smallest absolute Gasteiger partial charge is 0.351 e. The number of thiophene rings is 1. The molecule has 0 bridgehead atoms. The molecule has 25 heavy (non-hydrogen) atoms. The minimum Gasteiger partial charge on any atom is -0.451 e. The van der Waals surface area contributed by atoms with Crippen molar-refractivity contribution in [3.05, 3.63) is 52.0 Å². The summed E-state index contributed by atoms with van der Waals surface area (Å²) < 4.78 is 6.45. The first-order valence-corrected chi connectivity index (χ1v) is 8.27. The molecule has 9 heteroatoms. The van der Waals surface area contributed by atoms with Gasteiger partial charge in [0, 0.05) is 5.69 Å². The Hall–Kier alpha value is -3.07. The van der Waals surface area contributed by atoms with Gasteiger partial charge in [-0.25, -0.2) is 4.79 Å². The van der Waals surface area contributed by atoms with Crippen molar-refractivity contribution in [3.63, 3.8) is 0 Å². The fraction of sp³-hybridized carbons (Fsp3) is 0.188. The first-order chi connectivity index (χ1) is 12.0. The molecule has 1 amide bonds. The second-order valence-electron chi connectivity index (χ2n) is 5.31. The number of benzene rings is 1. The van der Waals surface area contributed by atoms with Gasteiger partial charge in [0.25, 0.3) is 5.91 Å². The van der Waals surface area contributed by atoms with E-state index in [1.807, 2.05) is 26.0 Å². The van der Waals surface area contributed by atoms with Crippen molar-refractivity contribution in [2.45, 2.75) is 13.8 Å². The van der Waals surface area contributed by atoms with Gasteiger partial charge in [0.05, 0.1) is 5.69 Å². The molecule has 3 rings (SSSR count). The number of esters is 1. The van der Waals surface area contributed by atoms with Gasteiger partial charge in [-0.1, -0.05) is 6.07 Å². The summed E-state index contributed by atoms with van der Waals surface area (Å²) in [6.45, 7) is 3.58. The summed E-state index contributed by atoms with van der Waals surface area (Å²) in [5.74, 6) is -1.01. The fourth-order valence-electron chi connectivity index (χ4n) is 2.12. The molecule has 1 N–H and O–H groups in total. The first kappa shape index (κ1) is 16.8. The van der Waals surface area contributed by atoms with E-state index in [1.54, 1.807) is 17.5 Å². The number of rotatable bonds is 5. The third kappa shape index (κ3) is 3.89. The Balaban J connectivity index is 1.60. The summed E-state index contributed by atoms with van der Waals surface area (Å²) in [5.41, 5.74) is 3.38. The van der Waals surface area contributed by atoms with E-state index in [-0.39, 0.29) is 6.61 Å². The van der Waals surface area contributed by atoms with Gasteiger partial charge in [-0.2, -0.15) is 4.68 Å². The molecule has 2 aromatic heterocycles. The maximum Gasteiger partial charge on any atom is 0.351 e. The zero-order valence-corrected chi connectivity index (χ0v) is 14.4. The molecule has 0 spiro atoms. The number of carbonyl (C=O) groups excluding carboxylic acids is 2. The highest BCUT2D eigenvalue weighted by molar-refractivity contribution is 7.12. The lowest BCUT2D eigenvalue weighted by molar-refractivity contribution is -0.119. The number of aryl methyl sites for hydroxylation is 2. The Morgan fingerprint density at radius 1 is 1.24 bits per heavy atom. The van der Waals surface area contributed by atoms with E-state index in [9.17, 15) is 9.59 Å². The average Bonchev–Trinajstić information content (AvgIpc) is 3.26. The van der Waals surface area contributed by atoms with Crippen LogP contribution in [0, 0.1) is 13.8 Å². The number of aromatic nitrogens is 4. The Morgan fingerprint density at radius 3 is 2.80 bits per heavy atom. The van der Waals surface area contributed by atoms with E-state index in [0.717, 1.165) is 11.1 Å². The maximum atomic E-state index is 12.2. The molecule has 1 aromatic carbocycles. The zero-order valence-electron chi connectivity index (χ0n) is 13.6. The van der Waals surface area contributed by atoms with Gasteiger partial charge in [-0.15, -0.1) is 16.4 Å². The molecule has 3 aromatic rings. The summed E-state index contributed by atoms with van der Waals surface area (Å²) in [4.78, 5) is 24.5. The Morgan fingerprint density at radius 2 is 2.08 bits per heavy atom. The SMILES string of the molecule is Cc1ccc(NC(=O)COC(=O)c2sccc2-n2cnnn2)cc1C. The first-order valence-electron chi connectivity index (χ1n) is 7.39. The van der Waals surface area contributed by atoms with Crippen molar-refractivity contribution in [1.29, 1.82) is 0 Å². The number of nitrogens with one attached hydrogen (secondary N) is 1. The van der Waals surface area contributed by atoms with Crippen LogP contribution in [0.3, 0.4) is 0 Å². The quantitative estimate of drug-likeness (QED) is 0.702. The van der Waals surface area contributed by atoms with Gasteiger partial charge >= 0.3 is 5.97 Å². The number of anilines is 1. The van der Waals surface area contributed by atoms with E-state index in [4.69, 9.17) is 4.74 Å². The van der Waals surface area contributed by atoms with Crippen molar-refractivity contribution in [3.8, 4) is 5.69 Å². The standard InChI is InChI=1S/C16H15N5O3S/c1-10-3-4-12(7-11(10)2)18-14(22)8-24-16(23)15-13(5-6-25-15)21-9-17-19-20-21/h3-7,9H,8H2,1-2H3,(H,18,22). The molecule has 0 saturated carbocycles. The lowest BCUT2D eigenvalue weighted by Crippen LogP contribution is -2.21. The van der Waals surface area contributed by atoms with E-state index >= 15 is 0 Å². The summed E-state index contributed by atoms with van der Waals surface area (Å²) >= 11 is 1.19. The molecule has 2 heterocycles. The lowest BCUT2D eigenvalue weighted by Gasteiger charge is -2.08. The Kier molecular flexibility index (Phi) is 4.85. The van der Waals surface area contributed by atoms with Crippen LogP contribution in [0.5, 0.6) is 0 Å². The van der Waals surface area contributed by atoms with Crippen LogP contribution >= 0.6 is 11.3 Å². The normalized spacial score (nSPS) is 10.5. The van der Waals surface area contributed by atoms with Crippen LogP contribution in [0.2, 0.25) is 0 Å². The second-order valence-corrected chi connectivity index (χ2v) is 6.23. The zero-order chi connectivity index (χ0) is 17.8. The summed E-state index contributed by atoms with van der Waals surface area (Å²) in [5, 5.41) is 15.2. The van der Waals surface area contributed by atoms with Crippen LogP contribution in [0.4, 0.5) is 5.69 Å². The molecule has 0 aliphatic rings. The van der Waals surface area contributed by atoms with Gasteiger partial charge in [0.2, 0.25) is 0 Å². The highest BCUT2D eigenvalue weighted by Gasteiger charge is 2.18. The number of hydrogen-bond donors (Lipinski definition) is 1. The van der Waals surface area contributed by atoms with Crippen LogP contribution in [-0.2, 0) is 9.53 Å². The Labute approximate surface area is 147 Å². The highest BCUT2D eigenvalue weighted by atomic mass is 32.1. The molecule has 0 radical (unpaired) electrons. The largest absolute Gasteiger partial charge is 0.451 e. The van der Waals surface area contributed by atoms with Crippen LogP contribution in [0.1, 0.15) is 20.8 Å². The third-order valence-electron chi connectivity index (χ3n) is 3.55. The number of amides is 1. The molecule has 0 atom stereocenters. The molecule has 0 fully saturated rings. The molecular formula is C16H15N5O3S. The van der Waals surface area contributed by atoms with Crippen molar-refractivity contribution in [2.75, 3.05) is 11.9 Å². The van der Waals surface area contributed by atoms with Crippen molar-refractivity contribution in [2.24, 2.45) is 0 Å². The minimum atomic E-state index is -0.601.